The number of likely N-dealkylation sites (tertiary alicyclic amines) is 2. The molecule has 2 fully saturated rings. The van der Waals surface area contributed by atoms with Gasteiger partial charge in [-0.25, -0.2) is 0 Å². The number of carbonyl (C=O) groups excluding carboxylic acids is 2. The minimum absolute atomic E-state index is 0.0420. The summed E-state index contributed by atoms with van der Waals surface area (Å²) >= 11 is 6.29. The van der Waals surface area contributed by atoms with Gasteiger partial charge in [0.25, 0.3) is 0 Å². The molecule has 0 radical (unpaired) electrons. The Morgan fingerprint density at radius 3 is 2.56 bits per heavy atom. The van der Waals surface area contributed by atoms with Crippen LogP contribution in [0, 0.1) is 11.8 Å². The third kappa shape index (κ3) is 5.23. The molecular formula is C21H29ClN2O3. The summed E-state index contributed by atoms with van der Waals surface area (Å²) in [6, 6.07) is 7.90. The van der Waals surface area contributed by atoms with E-state index < -0.39 is 0 Å². The SMILES string of the molecule is CCOC(=O)C1CCN(C(=O)[C@H]2CCCN(Cc3ccccc3Cl)C2)CC1. The van der Waals surface area contributed by atoms with Crippen LogP contribution in [0.4, 0.5) is 0 Å². The van der Waals surface area contributed by atoms with E-state index in [4.69, 9.17) is 16.3 Å². The summed E-state index contributed by atoms with van der Waals surface area (Å²) in [5.74, 6) is 0.104. The first-order chi connectivity index (χ1) is 13.1. The molecular weight excluding hydrogens is 364 g/mol. The Morgan fingerprint density at radius 2 is 1.85 bits per heavy atom. The maximum atomic E-state index is 13.0. The number of amides is 1. The average Bonchev–Trinajstić information content (AvgIpc) is 2.70. The molecule has 0 aliphatic carbocycles. The standard InChI is InChI=1S/C21H29ClN2O3/c1-2-27-21(26)16-9-12-24(13-10-16)20(25)18-7-5-11-23(15-18)14-17-6-3-4-8-19(17)22/h3-4,6,8,16,18H,2,5,7,9-15H2,1H3/t18-/m0/s1. The molecule has 2 heterocycles. The van der Waals surface area contributed by atoms with Crippen molar-refractivity contribution in [1.82, 2.24) is 9.80 Å². The second-order valence-electron chi connectivity index (χ2n) is 7.52. The number of esters is 1. The number of benzene rings is 1. The van der Waals surface area contributed by atoms with Gasteiger partial charge in [-0.15, -0.1) is 0 Å². The zero-order chi connectivity index (χ0) is 19.2. The molecule has 1 aromatic carbocycles. The summed E-state index contributed by atoms with van der Waals surface area (Å²) in [6.07, 6.45) is 3.39. The highest BCUT2D eigenvalue weighted by atomic mass is 35.5. The van der Waals surface area contributed by atoms with Crippen LogP contribution in [-0.2, 0) is 20.9 Å². The zero-order valence-electron chi connectivity index (χ0n) is 16.0. The van der Waals surface area contributed by atoms with Crippen molar-refractivity contribution < 1.29 is 14.3 Å². The lowest BCUT2D eigenvalue weighted by Gasteiger charge is -2.37. The number of hydrogen-bond donors (Lipinski definition) is 0. The fraction of sp³-hybridized carbons (Fsp3) is 0.619. The summed E-state index contributed by atoms with van der Waals surface area (Å²) in [4.78, 5) is 29.1. The van der Waals surface area contributed by atoms with Crippen LogP contribution in [0.5, 0.6) is 0 Å². The van der Waals surface area contributed by atoms with Crippen molar-refractivity contribution >= 4 is 23.5 Å². The topological polar surface area (TPSA) is 49.9 Å². The van der Waals surface area contributed by atoms with Crippen LogP contribution >= 0.6 is 11.6 Å². The summed E-state index contributed by atoms with van der Waals surface area (Å²) in [5, 5.41) is 0.784. The lowest BCUT2D eigenvalue weighted by molar-refractivity contribution is -0.152. The average molecular weight is 393 g/mol. The predicted octanol–water partition coefficient (Wildman–Crippen LogP) is 3.35. The van der Waals surface area contributed by atoms with Crippen LogP contribution in [0.25, 0.3) is 0 Å². The molecule has 0 aromatic heterocycles. The van der Waals surface area contributed by atoms with E-state index in [2.05, 4.69) is 4.90 Å². The van der Waals surface area contributed by atoms with E-state index in [1.54, 1.807) is 0 Å². The van der Waals surface area contributed by atoms with Gasteiger partial charge in [-0.1, -0.05) is 29.8 Å². The molecule has 0 spiro atoms. The van der Waals surface area contributed by atoms with Gasteiger partial charge in [0.2, 0.25) is 5.91 Å². The zero-order valence-corrected chi connectivity index (χ0v) is 16.8. The summed E-state index contributed by atoms with van der Waals surface area (Å²) < 4.78 is 5.11. The molecule has 0 bridgehead atoms. The number of hydrogen-bond acceptors (Lipinski definition) is 4. The lowest BCUT2D eigenvalue weighted by Crippen LogP contribution is -2.47. The Hall–Kier alpha value is -1.59. The number of nitrogens with zero attached hydrogens (tertiary/aromatic N) is 2. The van der Waals surface area contributed by atoms with Gasteiger partial charge < -0.3 is 9.64 Å². The first-order valence-corrected chi connectivity index (χ1v) is 10.4. The van der Waals surface area contributed by atoms with E-state index >= 15 is 0 Å². The minimum Gasteiger partial charge on any atom is -0.466 e. The van der Waals surface area contributed by atoms with Gasteiger partial charge in [-0.2, -0.15) is 0 Å². The highest BCUT2D eigenvalue weighted by molar-refractivity contribution is 6.31. The molecule has 2 saturated heterocycles. The minimum atomic E-state index is -0.117. The van der Waals surface area contributed by atoms with Crippen molar-refractivity contribution in [3.8, 4) is 0 Å². The van der Waals surface area contributed by atoms with Gasteiger partial charge in [-0.05, 0) is 50.8 Å². The highest BCUT2D eigenvalue weighted by Crippen LogP contribution is 2.26. The molecule has 5 nitrogen and oxygen atoms in total. The van der Waals surface area contributed by atoms with E-state index in [1.807, 2.05) is 36.1 Å². The molecule has 0 saturated carbocycles. The van der Waals surface area contributed by atoms with E-state index in [-0.39, 0.29) is 23.7 Å². The normalized spacial score (nSPS) is 21.9. The maximum Gasteiger partial charge on any atom is 0.309 e. The van der Waals surface area contributed by atoms with E-state index in [0.29, 0.717) is 32.5 Å². The fourth-order valence-electron chi connectivity index (χ4n) is 4.12. The van der Waals surface area contributed by atoms with Crippen LogP contribution in [0.3, 0.4) is 0 Å². The number of rotatable bonds is 5. The van der Waals surface area contributed by atoms with Crippen molar-refractivity contribution in [2.24, 2.45) is 11.8 Å². The van der Waals surface area contributed by atoms with Gasteiger partial charge in [0.15, 0.2) is 0 Å². The van der Waals surface area contributed by atoms with E-state index in [1.165, 1.54) is 0 Å². The van der Waals surface area contributed by atoms with Gasteiger partial charge in [0.1, 0.15) is 0 Å². The van der Waals surface area contributed by atoms with Gasteiger partial charge in [-0.3, -0.25) is 14.5 Å². The van der Waals surface area contributed by atoms with Gasteiger partial charge in [0, 0.05) is 31.2 Å². The predicted molar refractivity (Wildman–Crippen MR) is 105 cm³/mol. The number of carbonyl (C=O) groups is 2. The third-order valence-corrected chi connectivity index (χ3v) is 6.00. The molecule has 2 aliphatic heterocycles. The Morgan fingerprint density at radius 1 is 1.11 bits per heavy atom. The van der Waals surface area contributed by atoms with Crippen molar-refractivity contribution in [1.29, 1.82) is 0 Å². The fourth-order valence-corrected chi connectivity index (χ4v) is 4.32. The smallest absolute Gasteiger partial charge is 0.309 e. The Bertz CT molecular complexity index is 659. The van der Waals surface area contributed by atoms with Crippen LogP contribution in [0.1, 0.15) is 38.2 Å². The molecule has 1 amide bonds. The largest absolute Gasteiger partial charge is 0.466 e. The maximum absolute atomic E-state index is 13.0. The first-order valence-electron chi connectivity index (χ1n) is 9.99. The lowest BCUT2D eigenvalue weighted by atomic mass is 9.92. The molecule has 6 heteroatoms. The first kappa shape index (κ1) is 20.2. The third-order valence-electron chi connectivity index (χ3n) is 5.63. The van der Waals surface area contributed by atoms with Crippen LogP contribution in [0.2, 0.25) is 5.02 Å². The van der Waals surface area contributed by atoms with Crippen molar-refractivity contribution in [2.45, 2.75) is 39.2 Å². The summed E-state index contributed by atoms with van der Waals surface area (Å²) in [5.41, 5.74) is 1.11. The van der Waals surface area contributed by atoms with Crippen LogP contribution in [0.15, 0.2) is 24.3 Å². The molecule has 3 rings (SSSR count). The molecule has 2 aliphatic rings. The summed E-state index contributed by atoms with van der Waals surface area (Å²) in [7, 11) is 0. The summed E-state index contributed by atoms with van der Waals surface area (Å²) in [6.45, 7) is 6.12. The van der Waals surface area contributed by atoms with Crippen LogP contribution in [-0.4, -0.2) is 54.5 Å². The van der Waals surface area contributed by atoms with Crippen molar-refractivity contribution in [3.05, 3.63) is 34.9 Å². The number of halogens is 1. The quantitative estimate of drug-likeness (QED) is 0.721. The van der Waals surface area contributed by atoms with Crippen molar-refractivity contribution in [2.75, 3.05) is 32.8 Å². The Kier molecular flexibility index (Phi) is 7.13. The highest BCUT2D eigenvalue weighted by Gasteiger charge is 2.33. The Labute approximate surface area is 166 Å². The number of piperidine rings is 2. The molecule has 0 N–H and O–H groups in total. The monoisotopic (exact) mass is 392 g/mol. The van der Waals surface area contributed by atoms with Crippen molar-refractivity contribution in [3.63, 3.8) is 0 Å². The molecule has 0 unspecified atom stereocenters. The molecule has 1 atom stereocenters. The van der Waals surface area contributed by atoms with E-state index in [0.717, 1.165) is 43.1 Å². The van der Waals surface area contributed by atoms with E-state index in [9.17, 15) is 9.59 Å². The second-order valence-corrected chi connectivity index (χ2v) is 7.92. The molecule has 1 aromatic rings. The second kappa shape index (κ2) is 9.56. The molecule has 27 heavy (non-hydrogen) atoms. The Balaban J connectivity index is 1.51. The van der Waals surface area contributed by atoms with Gasteiger partial charge in [0.05, 0.1) is 18.4 Å². The van der Waals surface area contributed by atoms with Gasteiger partial charge >= 0.3 is 5.97 Å². The number of ether oxygens (including phenoxy) is 1. The molecule has 148 valence electrons. The van der Waals surface area contributed by atoms with Crippen LogP contribution < -0.4 is 0 Å².